The lowest BCUT2D eigenvalue weighted by atomic mass is 10.2. The summed E-state index contributed by atoms with van der Waals surface area (Å²) in [6, 6.07) is 9.23. The summed E-state index contributed by atoms with van der Waals surface area (Å²) in [6.07, 6.45) is 3.51. The number of amides is 1. The van der Waals surface area contributed by atoms with Gasteiger partial charge in [-0.3, -0.25) is 9.48 Å². The largest absolute Gasteiger partial charge is 0.471 e. The Labute approximate surface area is 160 Å². The van der Waals surface area contributed by atoms with Gasteiger partial charge in [0.15, 0.2) is 12.4 Å². The van der Waals surface area contributed by atoms with E-state index in [0.29, 0.717) is 12.2 Å². The molecule has 0 saturated carbocycles. The number of aryl methyl sites for hydroxylation is 1. The fourth-order valence-corrected chi connectivity index (χ4v) is 2.71. The highest BCUT2D eigenvalue weighted by Gasteiger charge is 2.17. The summed E-state index contributed by atoms with van der Waals surface area (Å²) in [4.78, 5) is 14.2. The molecule has 0 radical (unpaired) electrons. The van der Waals surface area contributed by atoms with Crippen molar-refractivity contribution in [3.8, 4) is 5.75 Å². The van der Waals surface area contributed by atoms with Crippen LogP contribution in [0.4, 0.5) is 0 Å². The van der Waals surface area contributed by atoms with Crippen LogP contribution in [0.15, 0.2) is 47.2 Å². The van der Waals surface area contributed by atoms with Crippen LogP contribution < -0.4 is 4.74 Å². The average Bonchev–Trinajstić information content (AvgIpc) is 3.23. The molecule has 0 aliphatic carbocycles. The van der Waals surface area contributed by atoms with Crippen LogP contribution in [-0.2, 0) is 20.3 Å². The van der Waals surface area contributed by atoms with Crippen molar-refractivity contribution in [3.05, 3.63) is 64.1 Å². The molecule has 1 amide bonds. The molecule has 136 valence electrons. The summed E-state index contributed by atoms with van der Waals surface area (Å²) in [5.74, 6) is 0.594. The third kappa shape index (κ3) is 4.13. The molecule has 3 aromatic rings. The maximum atomic E-state index is 12.6. The van der Waals surface area contributed by atoms with Crippen molar-refractivity contribution in [2.24, 2.45) is 7.05 Å². The minimum atomic E-state index is -0.143. The van der Waals surface area contributed by atoms with Gasteiger partial charge in [-0.05, 0) is 37.3 Å². The molecule has 0 atom stereocenters. The molecule has 2 aromatic heterocycles. The van der Waals surface area contributed by atoms with Gasteiger partial charge in [0.2, 0.25) is 0 Å². The molecule has 7 nitrogen and oxygen atoms in total. The molecule has 0 saturated heterocycles. The van der Waals surface area contributed by atoms with Gasteiger partial charge >= 0.3 is 0 Å². The maximum Gasteiger partial charge on any atom is 0.274 e. The molecular formula is C18H20BrN5O2. The molecule has 0 unspecified atom stereocenters. The van der Waals surface area contributed by atoms with Crippen LogP contribution >= 0.6 is 15.9 Å². The van der Waals surface area contributed by atoms with Crippen molar-refractivity contribution >= 4 is 21.8 Å². The summed E-state index contributed by atoms with van der Waals surface area (Å²) < 4.78 is 10.0. The van der Waals surface area contributed by atoms with Crippen molar-refractivity contribution in [2.75, 3.05) is 7.05 Å². The van der Waals surface area contributed by atoms with E-state index in [0.717, 1.165) is 21.5 Å². The molecule has 0 spiro atoms. The molecule has 0 N–H and O–H groups in total. The number of hydrogen-bond acceptors (Lipinski definition) is 4. The highest BCUT2D eigenvalue weighted by atomic mass is 79.9. The monoisotopic (exact) mass is 417 g/mol. The zero-order valence-corrected chi connectivity index (χ0v) is 16.5. The Morgan fingerprint density at radius 2 is 2.00 bits per heavy atom. The Hall–Kier alpha value is -2.61. The molecule has 2 heterocycles. The standard InChI is InChI=1S/C18H20BrN5O2/c1-13-14(10-20-23(13)3)11-22(2)18(25)17-8-9-24(21-17)12-26-16-6-4-15(19)5-7-16/h4-10H,11-12H2,1-3H3. The zero-order valence-electron chi connectivity index (χ0n) is 14.9. The first kappa shape index (κ1) is 18.2. The molecule has 8 heteroatoms. The minimum absolute atomic E-state index is 0.143. The third-order valence-electron chi connectivity index (χ3n) is 4.13. The lowest BCUT2D eigenvalue weighted by Gasteiger charge is -2.15. The summed E-state index contributed by atoms with van der Waals surface area (Å²) in [6.45, 7) is 2.70. The normalized spacial score (nSPS) is 10.8. The topological polar surface area (TPSA) is 65.2 Å². The third-order valence-corrected chi connectivity index (χ3v) is 4.66. The van der Waals surface area contributed by atoms with Crippen molar-refractivity contribution < 1.29 is 9.53 Å². The van der Waals surface area contributed by atoms with Crippen molar-refractivity contribution in [3.63, 3.8) is 0 Å². The second-order valence-corrected chi connectivity index (χ2v) is 6.92. The van der Waals surface area contributed by atoms with Gasteiger partial charge in [-0.15, -0.1) is 0 Å². The van der Waals surface area contributed by atoms with Crippen molar-refractivity contribution in [1.29, 1.82) is 0 Å². The average molecular weight is 418 g/mol. The Balaban J connectivity index is 1.60. The number of carbonyl (C=O) groups excluding carboxylic acids is 1. The van der Waals surface area contributed by atoms with Crippen LogP contribution in [0.2, 0.25) is 0 Å². The second kappa shape index (κ2) is 7.74. The number of halogens is 1. The first-order valence-corrected chi connectivity index (χ1v) is 8.88. The maximum absolute atomic E-state index is 12.6. The summed E-state index contributed by atoms with van der Waals surface area (Å²) in [5, 5.41) is 8.51. The quantitative estimate of drug-likeness (QED) is 0.618. The van der Waals surface area contributed by atoms with Gasteiger partial charge in [0.1, 0.15) is 5.75 Å². The van der Waals surface area contributed by atoms with E-state index in [9.17, 15) is 4.79 Å². The summed E-state index contributed by atoms with van der Waals surface area (Å²) >= 11 is 3.38. The van der Waals surface area contributed by atoms with E-state index in [1.54, 1.807) is 39.8 Å². The van der Waals surface area contributed by atoms with Gasteiger partial charge in [0.25, 0.3) is 5.91 Å². The molecule has 0 aliphatic rings. The predicted molar refractivity (Wildman–Crippen MR) is 101 cm³/mol. The van der Waals surface area contributed by atoms with E-state index in [4.69, 9.17) is 4.74 Å². The Morgan fingerprint density at radius 3 is 2.65 bits per heavy atom. The number of hydrogen-bond donors (Lipinski definition) is 0. The Morgan fingerprint density at radius 1 is 1.27 bits per heavy atom. The van der Waals surface area contributed by atoms with E-state index in [2.05, 4.69) is 26.1 Å². The summed E-state index contributed by atoms with van der Waals surface area (Å²) in [7, 11) is 3.64. The van der Waals surface area contributed by atoms with E-state index >= 15 is 0 Å². The second-order valence-electron chi connectivity index (χ2n) is 6.01. The highest BCUT2D eigenvalue weighted by Crippen LogP contribution is 2.16. The van der Waals surface area contributed by atoms with Crippen LogP contribution in [0.25, 0.3) is 0 Å². The van der Waals surface area contributed by atoms with E-state index in [1.807, 2.05) is 38.2 Å². The SMILES string of the molecule is Cc1c(CN(C)C(=O)c2ccn(COc3ccc(Br)cc3)n2)cnn1C. The first-order valence-electron chi connectivity index (χ1n) is 8.09. The fraction of sp³-hybridized carbons (Fsp3) is 0.278. The van der Waals surface area contributed by atoms with Crippen LogP contribution in [0.5, 0.6) is 5.75 Å². The Bertz CT molecular complexity index is 901. The fourth-order valence-electron chi connectivity index (χ4n) is 2.44. The van der Waals surface area contributed by atoms with E-state index in [1.165, 1.54) is 0 Å². The molecule has 26 heavy (non-hydrogen) atoms. The van der Waals surface area contributed by atoms with Crippen LogP contribution in [0.1, 0.15) is 21.7 Å². The van der Waals surface area contributed by atoms with Gasteiger partial charge in [-0.1, -0.05) is 15.9 Å². The molecule has 1 aromatic carbocycles. The van der Waals surface area contributed by atoms with Gasteiger partial charge in [-0.2, -0.15) is 10.2 Å². The number of ether oxygens (including phenoxy) is 1. The van der Waals surface area contributed by atoms with Crippen LogP contribution in [0, 0.1) is 6.92 Å². The number of nitrogens with zero attached hydrogens (tertiary/aromatic N) is 5. The van der Waals surface area contributed by atoms with Crippen molar-refractivity contribution in [1.82, 2.24) is 24.5 Å². The van der Waals surface area contributed by atoms with Gasteiger partial charge in [-0.25, -0.2) is 4.68 Å². The number of aromatic nitrogens is 4. The van der Waals surface area contributed by atoms with Gasteiger partial charge < -0.3 is 9.64 Å². The number of carbonyl (C=O) groups is 1. The molecule has 0 fully saturated rings. The Kier molecular flexibility index (Phi) is 5.41. The van der Waals surface area contributed by atoms with Gasteiger partial charge in [0.05, 0.1) is 6.20 Å². The predicted octanol–water partition coefficient (Wildman–Crippen LogP) is 3.00. The lowest BCUT2D eigenvalue weighted by molar-refractivity contribution is 0.0777. The van der Waals surface area contributed by atoms with E-state index in [-0.39, 0.29) is 12.6 Å². The number of benzene rings is 1. The molecular weight excluding hydrogens is 398 g/mol. The van der Waals surface area contributed by atoms with Crippen LogP contribution in [0.3, 0.4) is 0 Å². The molecule has 3 rings (SSSR count). The zero-order chi connectivity index (χ0) is 18.7. The molecule has 0 aliphatic heterocycles. The van der Waals surface area contributed by atoms with Crippen molar-refractivity contribution in [2.45, 2.75) is 20.2 Å². The number of rotatable bonds is 6. The van der Waals surface area contributed by atoms with Crippen LogP contribution in [-0.4, -0.2) is 37.4 Å². The highest BCUT2D eigenvalue weighted by molar-refractivity contribution is 9.10. The van der Waals surface area contributed by atoms with Gasteiger partial charge in [0, 0.05) is 42.6 Å². The smallest absolute Gasteiger partial charge is 0.274 e. The lowest BCUT2D eigenvalue weighted by Crippen LogP contribution is -2.27. The molecule has 0 bridgehead atoms. The summed E-state index contributed by atoms with van der Waals surface area (Å²) in [5.41, 5.74) is 2.44. The van der Waals surface area contributed by atoms with E-state index < -0.39 is 0 Å². The minimum Gasteiger partial charge on any atom is -0.471 e. The first-order chi connectivity index (χ1) is 12.4.